The van der Waals surface area contributed by atoms with Gasteiger partial charge in [-0.3, -0.25) is 0 Å². The molecular formula is C9H18N4O. The smallest absolute Gasteiger partial charge is 0.146 e. The summed E-state index contributed by atoms with van der Waals surface area (Å²) < 4.78 is 7.00. The number of aryl methyl sites for hydroxylation is 1. The van der Waals surface area contributed by atoms with Crippen LogP contribution in [-0.4, -0.2) is 34.0 Å². The van der Waals surface area contributed by atoms with Crippen LogP contribution in [-0.2, 0) is 18.3 Å². The number of rotatable bonds is 5. The highest BCUT2D eigenvalue weighted by Crippen LogP contribution is 2.03. The maximum absolute atomic E-state index is 5.10. The summed E-state index contributed by atoms with van der Waals surface area (Å²) in [6.07, 6.45) is 1.69. The molecule has 0 amide bonds. The van der Waals surface area contributed by atoms with Crippen molar-refractivity contribution in [2.75, 3.05) is 13.7 Å². The summed E-state index contributed by atoms with van der Waals surface area (Å²) in [5.41, 5.74) is -0.0410. The molecule has 0 saturated heterocycles. The number of nitrogens with one attached hydrogen (secondary N) is 1. The first-order valence-corrected chi connectivity index (χ1v) is 4.62. The summed E-state index contributed by atoms with van der Waals surface area (Å²) >= 11 is 0. The molecule has 0 aliphatic carbocycles. The van der Waals surface area contributed by atoms with Gasteiger partial charge in [-0.15, -0.1) is 10.2 Å². The zero-order valence-corrected chi connectivity index (χ0v) is 9.24. The second-order valence-electron chi connectivity index (χ2n) is 4.03. The van der Waals surface area contributed by atoms with E-state index in [1.807, 2.05) is 11.6 Å². The summed E-state index contributed by atoms with van der Waals surface area (Å²) in [5.74, 6) is 0.925. The maximum Gasteiger partial charge on any atom is 0.146 e. The summed E-state index contributed by atoms with van der Waals surface area (Å²) in [7, 11) is 3.63. The van der Waals surface area contributed by atoms with Crippen LogP contribution in [0.5, 0.6) is 0 Å². The van der Waals surface area contributed by atoms with E-state index >= 15 is 0 Å². The predicted molar refractivity (Wildman–Crippen MR) is 53.8 cm³/mol. The van der Waals surface area contributed by atoms with Crippen molar-refractivity contribution in [3.05, 3.63) is 12.2 Å². The van der Waals surface area contributed by atoms with Crippen LogP contribution < -0.4 is 5.32 Å². The van der Waals surface area contributed by atoms with Gasteiger partial charge in [0.2, 0.25) is 0 Å². The van der Waals surface area contributed by atoms with E-state index in [-0.39, 0.29) is 5.54 Å². The van der Waals surface area contributed by atoms with Crippen molar-refractivity contribution in [1.29, 1.82) is 0 Å². The van der Waals surface area contributed by atoms with E-state index in [9.17, 15) is 0 Å². The molecule has 1 rings (SSSR count). The van der Waals surface area contributed by atoms with Gasteiger partial charge in [0.05, 0.1) is 13.2 Å². The lowest BCUT2D eigenvalue weighted by atomic mass is 10.1. The van der Waals surface area contributed by atoms with E-state index in [2.05, 4.69) is 29.4 Å². The first-order valence-electron chi connectivity index (χ1n) is 4.62. The zero-order chi connectivity index (χ0) is 10.6. The number of methoxy groups -OCH3 is 1. The van der Waals surface area contributed by atoms with Gasteiger partial charge >= 0.3 is 0 Å². The van der Waals surface area contributed by atoms with Crippen molar-refractivity contribution in [2.45, 2.75) is 25.9 Å². The Balaban J connectivity index is 2.44. The molecule has 1 aromatic rings. The molecule has 1 heterocycles. The summed E-state index contributed by atoms with van der Waals surface area (Å²) in [6, 6.07) is 0. The Kier molecular flexibility index (Phi) is 3.60. The molecule has 0 unspecified atom stereocenters. The average molecular weight is 198 g/mol. The maximum atomic E-state index is 5.10. The van der Waals surface area contributed by atoms with Gasteiger partial charge in [0.15, 0.2) is 0 Å². The molecule has 0 aromatic carbocycles. The van der Waals surface area contributed by atoms with E-state index in [4.69, 9.17) is 4.74 Å². The van der Waals surface area contributed by atoms with E-state index in [1.54, 1.807) is 13.4 Å². The quantitative estimate of drug-likeness (QED) is 0.740. The number of ether oxygens (including phenoxy) is 1. The van der Waals surface area contributed by atoms with Crippen LogP contribution in [0.15, 0.2) is 6.33 Å². The minimum Gasteiger partial charge on any atom is -0.383 e. The van der Waals surface area contributed by atoms with Crippen molar-refractivity contribution in [3.63, 3.8) is 0 Å². The Morgan fingerprint density at radius 2 is 2.29 bits per heavy atom. The van der Waals surface area contributed by atoms with Gasteiger partial charge in [0, 0.05) is 19.7 Å². The van der Waals surface area contributed by atoms with Crippen LogP contribution in [0.1, 0.15) is 19.7 Å². The Morgan fingerprint density at radius 1 is 1.57 bits per heavy atom. The summed E-state index contributed by atoms with van der Waals surface area (Å²) in [6.45, 7) is 5.55. The highest BCUT2D eigenvalue weighted by molar-refractivity contribution is 4.87. The van der Waals surface area contributed by atoms with Crippen molar-refractivity contribution in [3.8, 4) is 0 Å². The lowest BCUT2D eigenvalue weighted by molar-refractivity contribution is 0.127. The third-order valence-corrected chi connectivity index (χ3v) is 2.04. The Labute approximate surface area is 84.5 Å². The van der Waals surface area contributed by atoms with E-state index in [0.717, 1.165) is 5.82 Å². The molecule has 80 valence electrons. The van der Waals surface area contributed by atoms with Gasteiger partial charge in [0.25, 0.3) is 0 Å². The van der Waals surface area contributed by atoms with Gasteiger partial charge in [-0.2, -0.15) is 0 Å². The molecule has 0 bridgehead atoms. The minimum absolute atomic E-state index is 0.0410. The fraction of sp³-hybridized carbons (Fsp3) is 0.778. The molecule has 0 radical (unpaired) electrons. The average Bonchev–Trinajstić information content (AvgIpc) is 2.48. The van der Waals surface area contributed by atoms with Crippen LogP contribution in [0.4, 0.5) is 0 Å². The van der Waals surface area contributed by atoms with Crippen molar-refractivity contribution in [2.24, 2.45) is 7.05 Å². The second-order valence-corrected chi connectivity index (χ2v) is 4.03. The monoisotopic (exact) mass is 198 g/mol. The molecular weight excluding hydrogens is 180 g/mol. The van der Waals surface area contributed by atoms with Crippen LogP contribution in [0.25, 0.3) is 0 Å². The van der Waals surface area contributed by atoms with Gasteiger partial charge in [0.1, 0.15) is 12.2 Å². The molecule has 0 spiro atoms. The van der Waals surface area contributed by atoms with Crippen molar-refractivity contribution in [1.82, 2.24) is 20.1 Å². The Bertz CT molecular complexity index is 282. The van der Waals surface area contributed by atoms with E-state index in [1.165, 1.54) is 0 Å². The number of hydrogen-bond acceptors (Lipinski definition) is 4. The Morgan fingerprint density at radius 3 is 2.79 bits per heavy atom. The van der Waals surface area contributed by atoms with Crippen LogP contribution in [0.3, 0.4) is 0 Å². The Hall–Kier alpha value is -0.940. The van der Waals surface area contributed by atoms with Crippen molar-refractivity contribution >= 4 is 0 Å². The van der Waals surface area contributed by atoms with E-state index in [0.29, 0.717) is 13.2 Å². The molecule has 14 heavy (non-hydrogen) atoms. The molecule has 0 fully saturated rings. The number of nitrogens with zero attached hydrogens (tertiary/aromatic N) is 3. The highest BCUT2D eigenvalue weighted by Gasteiger charge is 2.17. The molecule has 5 nitrogen and oxygen atoms in total. The third kappa shape index (κ3) is 3.08. The SMILES string of the molecule is COCC(C)(C)NCc1nncn1C. The first kappa shape index (κ1) is 11.1. The molecule has 0 atom stereocenters. The normalized spacial score (nSPS) is 12.0. The fourth-order valence-corrected chi connectivity index (χ4v) is 1.20. The van der Waals surface area contributed by atoms with E-state index < -0.39 is 0 Å². The lowest BCUT2D eigenvalue weighted by Gasteiger charge is -2.24. The van der Waals surface area contributed by atoms with Crippen LogP contribution >= 0.6 is 0 Å². The molecule has 1 aromatic heterocycles. The summed E-state index contributed by atoms with van der Waals surface area (Å²) in [5, 5.41) is 11.2. The second kappa shape index (κ2) is 4.52. The predicted octanol–water partition coefficient (Wildman–Crippen LogP) is 0.330. The van der Waals surface area contributed by atoms with Crippen LogP contribution in [0, 0.1) is 0 Å². The molecule has 0 aliphatic heterocycles. The van der Waals surface area contributed by atoms with Crippen molar-refractivity contribution < 1.29 is 4.74 Å². The fourth-order valence-electron chi connectivity index (χ4n) is 1.20. The molecule has 1 N–H and O–H groups in total. The number of aromatic nitrogens is 3. The third-order valence-electron chi connectivity index (χ3n) is 2.04. The molecule has 0 aliphatic rings. The molecule has 5 heteroatoms. The topological polar surface area (TPSA) is 52.0 Å². The van der Waals surface area contributed by atoms with Gasteiger partial charge < -0.3 is 14.6 Å². The first-order chi connectivity index (χ1) is 6.55. The lowest BCUT2D eigenvalue weighted by Crippen LogP contribution is -2.43. The minimum atomic E-state index is -0.0410. The largest absolute Gasteiger partial charge is 0.383 e. The number of hydrogen-bond donors (Lipinski definition) is 1. The summed E-state index contributed by atoms with van der Waals surface area (Å²) in [4.78, 5) is 0. The molecule has 0 saturated carbocycles. The zero-order valence-electron chi connectivity index (χ0n) is 9.24. The van der Waals surface area contributed by atoms with Gasteiger partial charge in [-0.1, -0.05) is 0 Å². The van der Waals surface area contributed by atoms with Gasteiger partial charge in [-0.25, -0.2) is 0 Å². The highest BCUT2D eigenvalue weighted by atomic mass is 16.5. The van der Waals surface area contributed by atoms with Crippen LogP contribution in [0.2, 0.25) is 0 Å². The standard InChI is InChI=1S/C9H18N4O/c1-9(2,6-14-4)10-5-8-12-11-7-13(8)3/h7,10H,5-6H2,1-4H3. The van der Waals surface area contributed by atoms with Gasteiger partial charge in [-0.05, 0) is 13.8 Å².